The lowest BCUT2D eigenvalue weighted by atomic mass is 9.90. The van der Waals surface area contributed by atoms with Gasteiger partial charge in [-0.2, -0.15) is 0 Å². The minimum atomic E-state index is -0.137. The Morgan fingerprint density at radius 3 is 1.26 bits per heavy atom. The van der Waals surface area contributed by atoms with E-state index in [9.17, 15) is 19.2 Å². The maximum absolute atomic E-state index is 12.0. The molecule has 7 aliphatic rings. The van der Waals surface area contributed by atoms with Gasteiger partial charge in [-0.1, -0.05) is 129 Å². The molecule has 0 unspecified atom stereocenters. The third kappa shape index (κ3) is 15.3. The monoisotopic (exact) mass is 1160 g/mol. The minimum Gasteiger partial charge on any atom is -0.466 e. The Morgan fingerprint density at radius 2 is 0.788 bits per heavy atom. The number of rotatable bonds is 13. The molecule has 0 saturated heterocycles. The van der Waals surface area contributed by atoms with Gasteiger partial charge in [0.1, 0.15) is 19.6 Å². The largest absolute Gasteiger partial charge is 0.466 e. The average molecular weight is 1160 g/mol. The van der Waals surface area contributed by atoms with Crippen molar-refractivity contribution >= 4 is 51.8 Å². The number of benzene rings is 4. The molecule has 4 aliphatic carbocycles. The predicted molar refractivity (Wildman–Crippen MR) is 344 cm³/mol. The van der Waals surface area contributed by atoms with E-state index < -0.39 is 0 Å². The first-order valence-corrected chi connectivity index (χ1v) is 33.2. The van der Waals surface area contributed by atoms with Crippen LogP contribution < -0.4 is 14.7 Å². The van der Waals surface area contributed by atoms with Crippen LogP contribution in [0.1, 0.15) is 218 Å². The molecule has 0 spiro atoms. The van der Waals surface area contributed by atoms with Crippen molar-refractivity contribution < 1.29 is 38.1 Å². The average Bonchev–Trinajstić information content (AvgIpc) is 1.90. The molecule has 12 heteroatoms. The highest BCUT2D eigenvalue weighted by Crippen LogP contribution is 2.50. The summed E-state index contributed by atoms with van der Waals surface area (Å²) in [6.07, 6.45) is 25.6. The van der Waals surface area contributed by atoms with Gasteiger partial charge in [0.05, 0.1) is 32.8 Å². The maximum atomic E-state index is 12.0. The summed E-state index contributed by atoms with van der Waals surface area (Å²) in [6.45, 7) is 19.8. The summed E-state index contributed by atoms with van der Waals surface area (Å²) < 4.78 is 22.8. The first-order valence-electron chi connectivity index (χ1n) is 33.2. The molecule has 85 heavy (non-hydrogen) atoms. The molecule has 3 aliphatic heterocycles. The van der Waals surface area contributed by atoms with Gasteiger partial charge in [-0.05, 0) is 172 Å². The molecule has 5 aromatic rings. The van der Waals surface area contributed by atoms with Crippen LogP contribution in [0.2, 0.25) is 0 Å². The van der Waals surface area contributed by atoms with Gasteiger partial charge in [0, 0.05) is 76.1 Å². The predicted octanol–water partition coefficient (Wildman–Crippen LogP) is 15.6. The smallest absolute Gasteiger partial charge is 0.325 e. The Bertz CT molecular complexity index is 2980. The van der Waals surface area contributed by atoms with Crippen molar-refractivity contribution in [1.29, 1.82) is 0 Å². The van der Waals surface area contributed by atoms with E-state index >= 15 is 0 Å². The molecule has 0 N–H and O–H groups in total. The number of aromatic nitrogens is 1. The van der Waals surface area contributed by atoms with Crippen molar-refractivity contribution in [2.24, 2.45) is 0 Å². The lowest BCUT2D eigenvalue weighted by Crippen LogP contribution is -2.38. The third-order valence-corrected chi connectivity index (χ3v) is 19.3. The van der Waals surface area contributed by atoms with E-state index in [2.05, 4.69) is 120 Å². The topological polar surface area (TPSA) is 120 Å². The SMILES string of the molecule is CCOC(=O)CCN1c2ccc(C)cc2[C@@H]2CCCCC[C@@H]21.CCOC(=O)CN1c2ccc(C)cc2[C@@H]2CCCCC[C@@H]21.CCOC(=O)CN1c2ccc(C)cc2[C@H]2CCCCC[C@@H]21.CCOC(=O)Cn1c2c(c3cc(C)ccc31)CCCCC2. The summed E-state index contributed by atoms with van der Waals surface area (Å²) in [5.41, 5.74) is 17.5. The number of aryl methyl sites for hydroxylation is 5. The van der Waals surface area contributed by atoms with Crippen molar-refractivity contribution in [2.75, 3.05) is 60.8 Å². The Hall–Kier alpha value is -6.30. The second-order valence-electron chi connectivity index (χ2n) is 25.1. The van der Waals surface area contributed by atoms with Gasteiger partial charge in [0.15, 0.2) is 0 Å². The van der Waals surface area contributed by atoms with Crippen molar-refractivity contribution in [3.05, 3.63) is 123 Å². The first-order chi connectivity index (χ1) is 41.3. The van der Waals surface area contributed by atoms with E-state index in [1.54, 1.807) is 0 Å². The normalized spacial score (nSPS) is 21.7. The van der Waals surface area contributed by atoms with E-state index in [4.69, 9.17) is 18.9 Å². The Morgan fingerprint density at radius 1 is 0.412 bits per heavy atom. The molecular formula is C73H100N4O8. The molecule has 4 heterocycles. The van der Waals surface area contributed by atoms with Crippen LogP contribution in [-0.2, 0) is 57.5 Å². The Kier molecular flexibility index (Phi) is 22.6. The lowest BCUT2D eigenvalue weighted by molar-refractivity contribution is -0.144. The number of anilines is 3. The van der Waals surface area contributed by atoms with Gasteiger partial charge in [-0.15, -0.1) is 0 Å². The molecule has 1 aromatic heterocycles. The van der Waals surface area contributed by atoms with Crippen LogP contribution in [0, 0.1) is 27.7 Å². The second-order valence-corrected chi connectivity index (χ2v) is 25.1. The number of fused-ring (bicyclic) bond motifs is 12. The van der Waals surface area contributed by atoms with Gasteiger partial charge >= 0.3 is 23.9 Å². The van der Waals surface area contributed by atoms with E-state index in [-0.39, 0.29) is 23.9 Å². The molecule has 6 atom stereocenters. The van der Waals surface area contributed by atoms with Crippen LogP contribution >= 0.6 is 0 Å². The molecule has 4 aromatic carbocycles. The quantitative estimate of drug-likeness (QED) is 0.0637. The van der Waals surface area contributed by atoms with Crippen molar-refractivity contribution in [3.63, 3.8) is 0 Å². The number of ether oxygens (including phenoxy) is 4. The fourth-order valence-electron chi connectivity index (χ4n) is 15.6. The van der Waals surface area contributed by atoms with Crippen LogP contribution in [0.5, 0.6) is 0 Å². The second kappa shape index (κ2) is 30.4. The summed E-state index contributed by atoms with van der Waals surface area (Å²) >= 11 is 0. The summed E-state index contributed by atoms with van der Waals surface area (Å²) in [5, 5.41) is 1.33. The zero-order chi connectivity index (χ0) is 60.0. The number of carbonyl (C=O) groups is 4. The molecular weight excluding hydrogens is 1060 g/mol. The standard InChI is InChI=1S/C19H27NO2.2C18H25NO2.C18H23NO2/c1-3-22-19(21)11-12-20-17-8-6-4-5-7-15(17)16-13-14(2)9-10-18(16)20;3*1-3-21-18(20)12-19-16-8-6-4-5-7-14(16)15-11-13(2)9-10-17(15)19/h9-10,13,15,17H,3-8,11-12H2,1-2H3;2*9-11,14,16H,3-8,12H2,1-2H3;9-11H,3-8,12H2,1-2H3/t15-,17-;14-,16+;14-,16-;/m010./s1. The van der Waals surface area contributed by atoms with Gasteiger partial charge < -0.3 is 38.2 Å². The maximum Gasteiger partial charge on any atom is 0.325 e. The zero-order valence-corrected chi connectivity index (χ0v) is 53.0. The first kappa shape index (κ1) is 63.2. The van der Waals surface area contributed by atoms with Gasteiger partial charge in [-0.25, -0.2) is 0 Å². The molecule has 12 rings (SSSR count). The number of hydrogen-bond donors (Lipinski definition) is 0. The van der Waals surface area contributed by atoms with Crippen molar-refractivity contribution in [1.82, 2.24) is 4.57 Å². The van der Waals surface area contributed by atoms with Crippen LogP contribution in [-0.4, -0.2) is 92.6 Å². The van der Waals surface area contributed by atoms with E-state index in [0.717, 1.165) is 19.4 Å². The van der Waals surface area contributed by atoms with E-state index in [1.165, 1.54) is 194 Å². The molecule has 0 radical (unpaired) electrons. The fourth-order valence-corrected chi connectivity index (χ4v) is 15.6. The molecule has 12 nitrogen and oxygen atoms in total. The molecule has 460 valence electrons. The number of nitrogens with zero attached hydrogens (tertiary/aromatic N) is 4. The zero-order valence-electron chi connectivity index (χ0n) is 53.0. The molecule has 0 bridgehead atoms. The van der Waals surface area contributed by atoms with Crippen molar-refractivity contribution in [3.8, 4) is 0 Å². The highest BCUT2D eigenvalue weighted by Gasteiger charge is 2.42. The Labute approximate surface area is 508 Å². The number of esters is 4. The van der Waals surface area contributed by atoms with E-state index in [1.807, 2.05) is 27.7 Å². The van der Waals surface area contributed by atoms with Crippen molar-refractivity contribution in [2.45, 2.75) is 233 Å². The highest BCUT2D eigenvalue weighted by atomic mass is 16.5. The summed E-state index contributed by atoms with van der Waals surface area (Å²) in [5.74, 6) is 1.42. The lowest BCUT2D eigenvalue weighted by Gasteiger charge is -2.29. The summed E-state index contributed by atoms with van der Waals surface area (Å²) in [7, 11) is 0. The van der Waals surface area contributed by atoms with E-state index in [0.29, 0.717) is 88.4 Å². The van der Waals surface area contributed by atoms with Crippen LogP contribution in [0.4, 0.5) is 17.1 Å². The number of hydrogen-bond acceptors (Lipinski definition) is 11. The molecule has 0 amide bonds. The molecule has 3 saturated carbocycles. The minimum absolute atomic E-state index is 0.0757. The van der Waals surface area contributed by atoms with Crippen LogP contribution in [0.25, 0.3) is 10.9 Å². The third-order valence-electron chi connectivity index (χ3n) is 19.3. The van der Waals surface area contributed by atoms with Gasteiger partial charge in [-0.3, -0.25) is 19.2 Å². The summed E-state index contributed by atoms with van der Waals surface area (Å²) in [4.78, 5) is 54.7. The molecule has 3 fully saturated rings. The highest BCUT2D eigenvalue weighted by molar-refractivity contribution is 5.88. The number of carbonyl (C=O) groups excluding carboxylic acids is 4. The Balaban J connectivity index is 0.000000136. The van der Waals surface area contributed by atoms with Gasteiger partial charge in [0.25, 0.3) is 0 Å². The fraction of sp³-hybridized carbons (Fsp3) is 0.589. The van der Waals surface area contributed by atoms with Crippen LogP contribution in [0.3, 0.4) is 0 Å². The van der Waals surface area contributed by atoms with Gasteiger partial charge in [0.2, 0.25) is 0 Å². The van der Waals surface area contributed by atoms with Crippen LogP contribution in [0.15, 0.2) is 72.8 Å². The summed E-state index contributed by atoms with van der Waals surface area (Å²) in [6, 6.07) is 28.2.